The minimum atomic E-state index is -0.743. The first-order chi connectivity index (χ1) is 15.8. The first-order valence-corrected chi connectivity index (χ1v) is 13.8. The predicted octanol–water partition coefficient (Wildman–Crippen LogP) is 4.83. The Labute approximate surface area is 208 Å². The fraction of sp³-hybridized carbons (Fsp3) is 0.538. The summed E-state index contributed by atoms with van der Waals surface area (Å²) in [6.45, 7) is 9.94. The van der Waals surface area contributed by atoms with E-state index in [1.165, 1.54) is 24.0 Å². The minimum Gasteiger partial charge on any atom is -0.383 e. The van der Waals surface area contributed by atoms with E-state index in [9.17, 15) is 5.11 Å². The van der Waals surface area contributed by atoms with Crippen LogP contribution in [0.1, 0.15) is 50.1 Å². The number of aliphatic hydroxyl groups is 1. The Morgan fingerprint density at radius 3 is 2.70 bits per heavy atom. The third-order valence-corrected chi connectivity index (χ3v) is 7.38. The number of hydrogen-bond acceptors (Lipinski definition) is 7. The number of aliphatic hydroxyl groups excluding tert-OH is 1. The van der Waals surface area contributed by atoms with E-state index >= 15 is 0 Å². The average molecular weight is 490 g/mol. The zero-order valence-corrected chi connectivity index (χ0v) is 21.9. The number of hydrogen-bond donors (Lipinski definition) is 4. The van der Waals surface area contributed by atoms with Gasteiger partial charge in [0, 0.05) is 53.2 Å². The molecule has 1 heterocycles. The van der Waals surface area contributed by atoms with Gasteiger partial charge in [0.2, 0.25) is 0 Å². The lowest BCUT2D eigenvalue weighted by Crippen LogP contribution is -2.29. The average Bonchev–Trinajstić information content (AvgIpc) is 3.22. The van der Waals surface area contributed by atoms with Gasteiger partial charge in [0.05, 0.1) is 6.61 Å². The summed E-state index contributed by atoms with van der Waals surface area (Å²) in [5.41, 5.74) is 4.30. The molecule has 182 valence electrons. The van der Waals surface area contributed by atoms with E-state index in [2.05, 4.69) is 90.9 Å². The van der Waals surface area contributed by atoms with Crippen molar-refractivity contribution in [2.45, 2.75) is 55.9 Å². The van der Waals surface area contributed by atoms with Crippen LogP contribution in [0.15, 0.2) is 48.5 Å². The van der Waals surface area contributed by atoms with Gasteiger partial charge in [-0.25, -0.2) is 0 Å². The third kappa shape index (κ3) is 9.15. The molecule has 1 aliphatic rings. The van der Waals surface area contributed by atoms with E-state index < -0.39 is 6.23 Å². The summed E-state index contributed by atoms with van der Waals surface area (Å²) in [6.07, 6.45) is 3.11. The van der Waals surface area contributed by atoms with E-state index in [0.29, 0.717) is 29.2 Å². The second kappa shape index (κ2) is 13.0. The van der Waals surface area contributed by atoms with Gasteiger partial charge in [0.25, 0.3) is 0 Å². The molecule has 0 amide bonds. The van der Waals surface area contributed by atoms with Crippen molar-refractivity contribution < 1.29 is 9.29 Å². The van der Waals surface area contributed by atoms with Gasteiger partial charge in [0.1, 0.15) is 6.23 Å². The quantitative estimate of drug-likeness (QED) is 0.194. The van der Waals surface area contributed by atoms with Crippen molar-refractivity contribution in [3.63, 3.8) is 0 Å². The molecule has 0 saturated carbocycles. The Morgan fingerprint density at radius 2 is 1.97 bits per heavy atom. The Morgan fingerprint density at radius 1 is 1.18 bits per heavy atom. The molecule has 1 aliphatic heterocycles. The molecule has 2 aromatic carbocycles. The SMILES string of the molecule is CSOCCNC(O)c1cc(NC[C@@H]2C[C@H](SC(C)(C)C)CN2)ccc1Cc1ccccc1. The smallest absolute Gasteiger partial charge is 0.131 e. The highest BCUT2D eigenvalue weighted by molar-refractivity contribution is 8.01. The van der Waals surface area contributed by atoms with Crippen molar-refractivity contribution in [3.05, 3.63) is 65.2 Å². The number of nitrogens with one attached hydrogen (secondary N) is 3. The molecule has 1 saturated heterocycles. The number of benzene rings is 2. The largest absolute Gasteiger partial charge is 0.383 e. The van der Waals surface area contributed by atoms with E-state index in [1.54, 1.807) is 0 Å². The highest BCUT2D eigenvalue weighted by Gasteiger charge is 2.28. The maximum absolute atomic E-state index is 10.9. The summed E-state index contributed by atoms with van der Waals surface area (Å²) in [7, 11) is 0. The van der Waals surface area contributed by atoms with Gasteiger partial charge >= 0.3 is 0 Å². The molecule has 3 rings (SSSR count). The lowest BCUT2D eigenvalue weighted by atomic mass is 9.98. The molecule has 1 fully saturated rings. The van der Waals surface area contributed by atoms with Crippen LogP contribution >= 0.6 is 23.8 Å². The van der Waals surface area contributed by atoms with Gasteiger partial charge in [-0.15, -0.1) is 0 Å². The van der Waals surface area contributed by atoms with Crippen molar-refractivity contribution in [1.29, 1.82) is 0 Å². The van der Waals surface area contributed by atoms with Crippen LogP contribution in [0, 0.1) is 0 Å². The molecule has 7 heteroatoms. The Kier molecular flexibility index (Phi) is 10.4. The monoisotopic (exact) mass is 489 g/mol. The van der Waals surface area contributed by atoms with Gasteiger partial charge in [-0.05, 0) is 48.1 Å². The van der Waals surface area contributed by atoms with Crippen LogP contribution in [0.25, 0.3) is 0 Å². The lowest BCUT2D eigenvalue weighted by Gasteiger charge is -2.22. The molecule has 4 N–H and O–H groups in total. The first-order valence-electron chi connectivity index (χ1n) is 11.7. The standard InChI is InChI=1S/C26H39N3O2S2/c1-26(2,3)33-23-15-22(29-18-23)17-28-21-11-10-20(14-19-8-6-5-7-9-19)24(16-21)25(30)27-12-13-31-32-4/h5-11,16,22-23,25,27-30H,12-15,17-18H2,1-4H3/t22-,23-,25?/m0/s1. The van der Waals surface area contributed by atoms with Crippen LogP contribution in [0.3, 0.4) is 0 Å². The van der Waals surface area contributed by atoms with Crippen LogP contribution in [0.5, 0.6) is 0 Å². The zero-order valence-electron chi connectivity index (χ0n) is 20.3. The van der Waals surface area contributed by atoms with Crippen molar-refractivity contribution >= 4 is 29.5 Å². The molecule has 33 heavy (non-hydrogen) atoms. The molecule has 0 bridgehead atoms. The molecule has 0 aliphatic carbocycles. The molecule has 3 atom stereocenters. The summed E-state index contributed by atoms with van der Waals surface area (Å²) in [5.74, 6) is 0. The van der Waals surface area contributed by atoms with Gasteiger partial charge in [-0.2, -0.15) is 11.8 Å². The lowest BCUT2D eigenvalue weighted by molar-refractivity contribution is 0.133. The number of thioether (sulfide) groups is 1. The predicted molar refractivity (Wildman–Crippen MR) is 144 cm³/mol. The molecule has 1 unspecified atom stereocenters. The fourth-order valence-electron chi connectivity index (χ4n) is 4.14. The highest BCUT2D eigenvalue weighted by atomic mass is 32.2. The van der Waals surface area contributed by atoms with Gasteiger partial charge in [-0.1, -0.05) is 57.2 Å². The Hall–Kier alpha value is -1.22. The van der Waals surface area contributed by atoms with E-state index in [4.69, 9.17) is 4.18 Å². The molecule has 0 spiro atoms. The van der Waals surface area contributed by atoms with E-state index in [-0.39, 0.29) is 0 Å². The highest BCUT2D eigenvalue weighted by Crippen LogP contribution is 2.32. The van der Waals surface area contributed by atoms with Crippen LogP contribution in [-0.2, 0) is 10.6 Å². The summed E-state index contributed by atoms with van der Waals surface area (Å²) in [5, 5.41) is 22.0. The maximum Gasteiger partial charge on any atom is 0.131 e. The van der Waals surface area contributed by atoms with Crippen LogP contribution < -0.4 is 16.0 Å². The molecule has 2 aromatic rings. The molecule has 5 nitrogen and oxygen atoms in total. The first kappa shape index (κ1) is 26.4. The number of anilines is 1. The van der Waals surface area contributed by atoms with E-state index in [1.807, 2.05) is 12.3 Å². The molecule has 0 radical (unpaired) electrons. The third-order valence-electron chi connectivity index (χ3n) is 5.57. The van der Waals surface area contributed by atoms with E-state index in [0.717, 1.165) is 36.3 Å². The van der Waals surface area contributed by atoms with Crippen LogP contribution in [0.2, 0.25) is 0 Å². The number of rotatable bonds is 12. The van der Waals surface area contributed by atoms with Gasteiger partial charge < -0.3 is 19.9 Å². The second-order valence-electron chi connectivity index (χ2n) is 9.50. The Balaban J connectivity index is 1.64. The molecular formula is C26H39N3O2S2. The summed E-state index contributed by atoms with van der Waals surface area (Å²) < 4.78 is 5.62. The van der Waals surface area contributed by atoms with Crippen molar-refractivity contribution in [3.8, 4) is 0 Å². The molecule has 0 aromatic heterocycles. The van der Waals surface area contributed by atoms with Crippen molar-refractivity contribution in [2.24, 2.45) is 0 Å². The Bertz CT molecular complexity index is 845. The normalized spacial score (nSPS) is 19.5. The van der Waals surface area contributed by atoms with Gasteiger partial charge in [-0.3, -0.25) is 5.32 Å². The molecular weight excluding hydrogens is 450 g/mol. The summed E-state index contributed by atoms with van der Waals surface area (Å²) in [4.78, 5) is 0. The second-order valence-corrected chi connectivity index (χ2v) is 12.2. The van der Waals surface area contributed by atoms with Gasteiger partial charge in [0.15, 0.2) is 0 Å². The zero-order chi connectivity index (χ0) is 23.7. The van der Waals surface area contributed by atoms with Crippen molar-refractivity contribution in [2.75, 3.05) is 37.8 Å². The summed E-state index contributed by atoms with van der Waals surface area (Å²) in [6, 6.07) is 17.2. The topological polar surface area (TPSA) is 65.5 Å². The minimum absolute atomic E-state index is 0.294. The fourth-order valence-corrected chi connectivity index (χ4v) is 5.89. The van der Waals surface area contributed by atoms with Crippen LogP contribution in [0.4, 0.5) is 5.69 Å². The van der Waals surface area contributed by atoms with Crippen molar-refractivity contribution in [1.82, 2.24) is 10.6 Å². The van der Waals surface area contributed by atoms with Crippen LogP contribution in [-0.4, -0.2) is 53.6 Å². The maximum atomic E-state index is 10.9. The summed E-state index contributed by atoms with van der Waals surface area (Å²) >= 11 is 3.41.